The van der Waals surface area contributed by atoms with Gasteiger partial charge in [0.25, 0.3) is 11.6 Å². The molecule has 0 saturated carbocycles. The molecule has 8 rings (SSSR count). The van der Waals surface area contributed by atoms with E-state index in [9.17, 15) is 10.2 Å². The maximum atomic E-state index is 10.6. The Kier molecular flexibility index (Phi) is 5.02. The molecule has 0 radical (unpaired) electrons. The van der Waals surface area contributed by atoms with Crippen LogP contribution in [0.4, 0.5) is 0 Å². The molecule has 3 aromatic carbocycles. The second kappa shape index (κ2) is 8.28. The monoisotopic (exact) mass is 574 g/mol. The lowest BCUT2D eigenvalue weighted by Crippen LogP contribution is -2.78. The minimum absolute atomic E-state index is 0.104. The van der Waals surface area contributed by atoms with Crippen molar-refractivity contribution in [3.05, 3.63) is 119 Å². The zero-order valence-electron chi connectivity index (χ0n) is 24.7. The molecule has 43 heavy (non-hydrogen) atoms. The first-order valence-electron chi connectivity index (χ1n) is 14.8. The highest BCUT2D eigenvalue weighted by Crippen LogP contribution is 2.70. The second-order valence-corrected chi connectivity index (χ2v) is 13.4. The van der Waals surface area contributed by atoms with Crippen LogP contribution in [0.5, 0.6) is 28.7 Å². The number of hydrogen-bond acceptors (Lipinski definition) is 6. The highest BCUT2D eigenvalue weighted by atomic mass is 16.7. The molecule has 3 aromatic rings. The molecule has 3 unspecified atom stereocenters. The first-order valence-corrected chi connectivity index (χ1v) is 14.8. The van der Waals surface area contributed by atoms with Crippen LogP contribution in [-0.2, 0) is 15.6 Å². The Morgan fingerprint density at radius 3 is 2.21 bits per heavy atom. The molecule has 4 aliphatic heterocycles. The number of allylic oxidation sites excluding steroid dienone is 4. The third-order valence-corrected chi connectivity index (χ3v) is 10.0. The molecule has 0 amide bonds. The fourth-order valence-corrected chi connectivity index (χ4v) is 8.14. The minimum Gasteiger partial charge on any atom is -0.508 e. The first kappa shape index (κ1) is 26.1. The Morgan fingerprint density at radius 2 is 1.44 bits per heavy atom. The summed E-state index contributed by atoms with van der Waals surface area (Å²) < 4.78 is 28.5. The zero-order valence-corrected chi connectivity index (χ0v) is 24.7. The second-order valence-electron chi connectivity index (χ2n) is 13.4. The molecule has 0 aromatic heterocycles. The summed E-state index contributed by atoms with van der Waals surface area (Å²) in [6.07, 6.45) is 13.6. The predicted molar refractivity (Wildman–Crippen MR) is 163 cm³/mol. The number of hydrogen-bond donors (Lipinski definition) is 2. The molecule has 0 bridgehead atoms. The summed E-state index contributed by atoms with van der Waals surface area (Å²) in [5.41, 5.74) is 1.53. The summed E-state index contributed by atoms with van der Waals surface area (Å²) in [6.45, 7) is 8.68. The van der Waals surface area contributed by atoms with Crippen molar-refractivity contribution in [3.63, 3.8) is 0 Å². The van der Waals surface area contributed by atoms with Gasteiger partial charge in [-0.05, 0) is 42.3 Å². The van der Waals surface area contributed by atoms with E-state index in [2.05, 4.69) is 45.9 Å². The maximum absolute atomic E-state index is 10.6. The van der Waals surface area contributed by atoms with Crippen molar-refractivity contribution < 1.29 is 29.2 Å². The number of para-hydroxylation sites is 1. The molecule has 3 spiro atoms. The topological polar surface area (TPSA) is 77.4 Å². The normalized spacial score (nSPS) is 30.0. The predicted octanol–water partition coefficient (Wildman–Crippen LogP) is 7.81. The molecule has 3 atom stereocenters. The maximum Gasteiger partial charge on any atom is 0.288 e. The van der Waals surface area contributed by atoms with E-state index in [1.807, 2.05) is 54.6 Å². The Balaban J connectivity index is 1.50. The van der Waals surface area contributed by atoms with Crippen LogP contribution in [0.25, 0.3) is 6.08 Å². The minimum atomic E-state index is -1.40. The summed E-state index contributed by atoms with van der Waals surface area (Å²) in [5, 5.41) is 21.2. The lowest BCUT2D eigenvalue weighted by molar-refractivity contribution is -0.331. The van der Waals surface area contributed by atoms with Crippen LogP contribution in [0.15, 0.2) is 102 Å². The van der Waals surface area contributed by atoms with Gasteiger partial charge in [-0.3, -0.25) is 0 Å². The van der Waals surface area contributed by atoms with Gasteiger partial charge in [-0.1, -0.05) is 76.3 Å². The molecule has 6 nitrogen and oxygen atoms in total. The number of ether oxygens (including phenoxy) is 4. The van der Waals surface area contributed by atoms with E-state index < -0.39 is 27.8 Å². The molecule has 4 heterocycles. The molecule has 2 N–H and O–H groups in total. The van der Waals surface area contributed by atoms with Gasteiger partial charge in [-0.25, -0.2) is 0 Å². The van der Waals surface area contributed by atoms with E-state index in [4.69, 9.17) is 18.9 Å². The average Bonchev–Trinajstić information content (AvgIpc) is 2.95. The van der Waals surface area contributed by atoms with E-state index in [-0.39, 0.29) is 11.5 Å². The highest BCUT2D eigenvalue weighted by Gasteiger charge is 2.80. The number of fused-ring (bicyclic) bond motifs is 6. The van der Waals surface area contributed by atoms with Gasteiger partial charge >= 0.3 is 0 Å². The molecule has 5 aliphatic rings. The summed E-state index contributed by atoms with van der Waals surface area (Å²) in [4.78, 5) is 0. The van der Waals surface area contributed by atoms with Crippen LogP contribution in [0.1, 0.15) is 57.2 Å². The van der Waals surface area contributed by atoms with Gasteiger partial charge in [0.1, 0.15) is 34.5 Å². The SMILES string of the molecule is CC1(C)CC2(Oc3cc(O)ccc31)Oc1cc(O)ccc1C(C)(C)C21C=C2CC=CC=C2OC12C=Cc1ccccc1O2. The number of phenols is 2. The fourth-order valence-electron chi connectivity index (χ4n) is 8.14. The zero-order chi connectivity index (χ0) is 29.8. The van der Waals surface area contributed by atoms with Crippen molar-refractivity contribution in [3.8, 4) is 28.7 Å². The van der Waals surface area contributed by atoms with Crippen molar-refractivity contribution in [2.24, 2.45) is 5.41 Å². The number of benzene rings is 3. The van der Waals surface area contributed by atoms with Crippen molar-refractivity contribution in [2.75, 3.05) is 0 Å². The molecule has 0 saturated heterocycles. The van der Waals surface area contributed by atoms with Crippen LogP contribution >= 0.6 is 0 Å². The highest BCUT2D eigenvalue weighted by molar-refractivity contribution is 5.64. The van der Waals surface area contributed by atoms with Crippen LogP contribution < -0.4 is 14.2 Å². The van der Waals surface area contributed by atoms with E-state index in [0.717, 1.165) is 28.0 Å². The molecular weight excluding hydrogens is 540 g/mol. The van der Waals surface area contributed by atoms with Crippen LogP contribution in [0.3, 0.4) is 0 Å². The van der Waals surface area contributed by atoms with Gasteiger partial charge in [0, 0.05) is 52.1 Å². The van der Waals surface area contributed by atoms with Gasteiger partial charge in [-0.2, -0.15) is 0 Å². The molecular formula is C37H34O6. The van der Waals surface area contributed by atoms with Gasteiger partial charge in [0.2, 0.25) is 0 Å². The van der Waals surface area contributed by atoms with E-state index in [1.165, 1.54) is 0 Å². The molecule has 0 fully saturated rings. The number of rotatable bonds is 0. The van der Waals surface area contributed by atoms with Crippen molar-refractivity contribution in [1.29, 1.82) is 0 Å². The quantitative estimate of drug-likeness (QED) is 0.285. The summed E-state index contributed by atoms with van der Waals surface area (Å²) in [6, 6.07) is 18.5. The van der Waals surface area contributed by atoms with E-state index in [1.54, 1.807) is 24.3 Å². The molecule has 1 aliphatic carbocycles. The Bertz CT molecular complexity index is 1820. The number of aromatic hydroxyl groups is 2. The molecule has 6 heteroatoms. The van der Waals surface area contributed by atoms with Crippen molar-refractivity contribution in [1.82, 2.24) is 0 Å². The van der Waals surface area contributed by atoms with Gasteiger partial charge < -0.3 is 29.2 Å². The van der Waals surface area contributed by atoms with Gasteiger partial charge in [0.15, 0.2) is 5.41 Å². The van der Waals surface area contributed by atoms with Gasteiger partial charge in [0.05, 0.1) is 0 Å². The smallest absolute Gasteiger partial charge is 0.288 e. The van der Waals surface area contributed by atoms with E-state index in [0.29, 0.717) is 30.1 Å². The third-order valence-electron chi connectivity index (χ3n) is 10.0. The van der Waals surface area contributed by atoms with Crippen LogP contribution in [-0.4, -0.2) is 21.8 Å². The van der Waals surface area contributed by atoms with Gasteiger partial charge in [-0.15, -0.1) is 0 Å². The van der Waals surface area contributed by atoms with Crippen molar-refractivity contribution in [2.45, 2.75) is 62.9 Å². The summed E-state index contributed by atoms with van der Waals surface area (Å²) in [7, 11) is 0. The average molecular weight is 575 g/mol. The lowest BCUT2D eigenvalue weighted by Gasteiger charge is -2.67. The Morgan fingerprint density at radius 1 is 0.744 bits per heavy atom. The molecule has 218 valence electrons. The number of phenolic OH excluding ortho intramolecular Hbond substituents is 2. The van der Waals surface area contributed by atoms with Crippen LogP contribution in [0.2, 0.25) is 0 Å². The first-order chi connectivity index (χ1) is 20.5. The third kappa shape index (κ3) is 3.29. The van der Waals surface area contributed by atoms with Crippen LogP contribution in [0, 0.1) is 5.41 Å². The Labute approximate surface area is 251 Å². The lowest BCUT2D eigenvalue weighted by atomic mass is 9.48. The Hall–Kier alpha value is -4.58. The largest absolute Gasteiger partial charge is 0.508 e. The van der Waals surface area contributed by atoms with E-state index >= 15 is 0 Å². The standard InChI is InChI=1S/C37H34O6/c1-33(2)22-37(42-31-19-25(38)13-15-27(31)33)35(34(3,4)28-16-14-26(39)20-32(28)43-37)21-24-10-6-8-12-30(24)41-36(35)18-17-23-9-5-7-11-29(23)40-36/h5-9,11-21,38-39H,10,22H2,1-4H3. The van der Waals surface area contributed by atoms with Crippen molar-refractivity contribution >= 4 is 6.08 Å². The fraction of sp³-hybridized carbons (Fsp3) is 0.297. The summed E-state index contributed by atoms with van der Waals surface area (Å²) >= 11 is 0. The summed E-state index contributed by atoms with van der Waals surface area (Å²) in [5.74, 6) is -0.0820.